The van der Waals surface area contributed by atoms with Gasteiger partial charge in [-0.3, -0.25) is 19.0 Å². The predicted molar refractivity (Wildman–Crippen MR) is 140 cm³/mol. The Labute approximate surface area is 210 Å². The fourth-order valence-electron chi connectivity index (χ4n) is 3.86. The first kappa shape index (κ1) is 26.5. The monoisotopic (exact) mass is 494 g/mol. The van der Waals surface area contributed by atoms with Crippen molar-refractivity contribution in [2.45, 2.75) is 67.3 Å². The van der Waals surface area contributed by atoms with Crippen molar-refractivity contribution < 1.29 is 9.59 Å². The first-order valence-electron chi connectivity index (χ1n) is 11.7. The summed E-state index contributed by atoms with van der Waals surface area (Å²) in [6, 6.07) is 8.90. The van der Waals surface area contributed by atoms with Crippen molar-refractivity contribution in [3.8, 4) is 10.4 Å². The smallest absolute Gasteiger partial charge is 0.273 e. The van der Waals surface area contributed by atoms with Crippen LogP contribution >= 0.6 is 11.3 Å². The third-order valence-electron chi connectivity index (χ3n) is 5.45. The average Bonchev–Trinajstić information content (AvgIpc) is 3.17. The zero-order valence-corrected chi connectivity index (χ0v) is 22.3. The molecule has 3 aromatic rings. The fourth-order valence-corrected chi connectivity index (χ4v) is 4.67. The van der Waals surface area contributed by atoms with Crippen molar-refractivity contribution in [2.75, 3.05) is 0 Å². The van der Waals surface area contributed by atoms with Gasteiger partial charge in [0.05, 0.1) is 22.1 Å². The molecule has 1 unspecified atom stereocenters. The van der Waals surface area contributed by atoms with E-state index < -0.39 is 11.5 Å². The second kappa shape index (κ2) is 10.2. The molecule has 1 atom stereocenters. The lowest BCUT2D eigenvalue weighted by atomic mass is 9.85. The molecule has 8 heteroatoms. The number of aromatic nitrogens is 3. The van der Waals surface area contributed by atoms with Crippen LogP contribution in [-0.2, 0) is 0 Å². The molecule has 2 heterocycles. The minimum atomic E-state index is -0.563. The SMILES string of the molecule is Cc1ncsc1-c1ccc(C(CC(C)(C)C)NC(=O)c2cc(=O)ncn2C(=O)CC(C)(C)C)cc1. The number of benzene rings is 1. The van der Waals surface area contributed by atoms with E-state index in [1.54, 1.807) is 11.3 Å². The molecule has 186 valence electrons. The summed E-state index contributed by atoms with van der Waals surface area (Å²) >= 11 is 1.59. The molecular formula is C27H34N4O3S. The summed E-state index contributed by atoms with van der Waals surface area (Å²) in [4.78, 5) is 47.4. The Balaban J connectivity index is 1.93. The molecule has 0 bridgehead atoms. The Morgan fingerprint density at radius 3 is 2.23 bits per heavy atom. The summed E-state index contributed by atoms with van der Waals surface area (Å²) in [5.74, 6) is -0.768. The molecule has 0 saturated heterocycles. The molecule has 1 amide bonds. The molecule has 0 saturated carbocycles. The Morgan fingerprint density at radius 1 is 1.03 bits per heavy atom. The number of carbonyl (C=O) groups excluding carboxylic acids is 2. The van der Waals surface area contributed by atoms with Crippen molar-refractivity contribution in [2.24, 2.45) is 10.8 Å². The number of hydrogen-bond acceptors (Lipinski definition) is 6. The molecule has 0 radical (unpaired) electrons. The normalized spacial score (nSPS) is 12.9. The first-order valence-corrected chi connectivity index (χ1v) is 12.5. The second-order valence-electron chi connectivity index (χ2n) is 11.3. The van der Waals surface area contributed by atoms with Crippen LogP contribution in [0.2, 0.25) is 0 Å². The third-order valence-corrected chi connectivity index (χ3v) is 6.42. The summed E-state index contributed by atoms with van der Waals surface area (Å²) < 4.78 is 1.19. The zero-order valence-electron chi connectivity index (χ0n) is 21.5. The maximum absolute atomic E-state index is 13.4. The van der Waals surface area contributed by atoms with Crippen molar-refractivity contribution in [3.63, 3.8) is 0 Å². The van der Waals surface area contributed by atoms with E-state index in [-0.39, 0.29) is 34.9 Å². The minimum Gasteiger partial charge on any atom is -0.344 e. The molecule has 7 nitrogen and oxygen atoms in total. The molecule has 3 rings (SSSR count). The minimum absolute atomic E-state index is 0.00457. The molecule has 0 fully saturated rings. The summed E-state index contributed by atoms with van der Waals surface area (Å²) in [6.07, 6.45) is 2.03. The molecular weight excluding hydrogens is 460 g/mol. The first-order chi connectivity index (χ1) is 16.2. The third kappa shape index (κ3) is 7.18. The lowest BCUT2D eigenvalue weighted by molar-refractivity contribution is 0.0819. The molecule has 35 heavy (non-hydrogen) atoms. The largest absolute Gasteiger partial charge is 0.344 e. The Hall–Kier alpha value is -3.13. The Bertz CT molecular complexity index is 1260. The number of aryl methyl sites for hydroxylation is 1. The van der Waals surface area contributed by atoms with Crippen LogP contribution in [-0.4, -0.2) is 26.3 Å². The van der Waals surface area contributed by atoms with Crippen LogP contribution in [0.25, 0.3) is 10.4 Å². The number of carbonyl (C=O) groups is 2. The van der Waals surface area contributed by atoms with E-state index in [0.717, 1.165) is 34.1 Å². The van der Waals surface area contributed by atoms with Gasteiger partial charge in [-0.15, -0.1) is 11.3 Å². The zero-order chi connectivity index (χ0) is 26.0. The lowest BCUT2D eigenvalue weighted by Crippen LogP contribution is -2.36. The van der Waals surface area contributed by atoms with Crippen LogP contribution in [0.5, 0.6) is 0 Å². The van der Waals surface area contributed by atoms with Gasteiger partial charge in [0.1, 0.15) is 12.0 Å². The van der Waals surface area contributed by atoms with Crippen molar-refractivity contribution in [1.82, 2.24) is 19.9 Å². The highest BCUT2D eigenvalue weighted by Gasteiger charge is 2.26. The second-order valence-corrected chi connectivity index (χ2v) is 12.1. The number of rotatable bonds is 6. The van der Waals surface area contributed by atoms with Gasteiger partial charge >= 0.3 is 0 Å². The average molecular weight is 495 g/mol. The van der Waals surface area contributed by atoms with Gasteiger partial charge in [-0.1, -0.05) is 65.8 Å². The number of thiazole rings is 1. The maximum atomic E-state index is 13.4. The van der Waals surface area contributed by atoms with E-state index in [4.69, 9.17) is 0 Å². The predicted octanol–water partition coefficient (Wildman–Crippen LogP) is 5.66. The maximum Gasteiger partial charge on any atom is 0.273 e. The molecule has 0 aliphatic rings. The van der Waals surface area contributed by atoms with Gasteiger partial charge in [0.25, 0.3) is 11.5 Å². The summed E-state index contributed by atoms with van der Waals surface area (Å²) in [5, 5.41) is 3.07. The number of nitrogens with one attached hydrogen (secondary N) is 1. The fraction of sp³-hybridized carbons (Fsp3) is 0.444. The van der Waals surface area contributed by atoms with Crippen LogP contribution in [0.3, 0.4) is 0 Å². The van der Waals surface area contributed by atoms with E-state index in [9.17, 15) is 14.4 Å². The van der Waals surface area contributed by atoms with Gasteiger partial charge in [-0.2, -0.15) is 4.98 Å². The highest BCUT2D eigenvalue weighted by molar-refractivity contribution is 7.13. The van der Waals surface area contributed by atoms with E-state index in [2.05, 4.69) is 36.1 Å². The van der Waals surface area contributed by atoms with E-state index in [1.807, 2.05) is 57.5 Å². The lowest BCUT2D eigenvalue weighted by Gasteiger charge is -2.28. The van der Waals surface area contributed by atoms with Crippen LogP contribution in [0, 0.1) is 17.8 Å². The van der Waals surface area contributed by atoms with Crippen LogP contribution in [0.15, 0.2) is 47.0 Å². The molecule has 0 spiro atoms. The number of amides is 1. The highest BCUT2D eigenvalue weighted by Crippen LogP contribution is 2.32. The van der Waals surface area contributed by atoms with Gasteiger partial charge in [0.15, 0.2) is 0 Å². The van der Waals surface area contributed by atoms with Gasteiger partial charge in [0, 0.05) is 12.5 Å². The Morgan fingerprint density at radius 2 is 1.69 bits per heavy atom. The van der Waals surface area contributed by atoms with Gasteiger partial charge < -0.3 is 5.32 Å². The molecule has 1 N–H and O–H groups in total. The van der Waals surface area contributed by atoms with Crippen LogP contribution < -0.4 is 10.9 Å². The molecule has 0 aliphatic heterocycles. The summed E-state index contributed by atoms with van der Waals surface area (Å²) in [7, 11) is 0. The molecule has 0 aliphatic carbocycles. The standard InChI is InChI=1S/C27H34N4O3S/c1-17-24(35-16-29-17)19-10-8-18(9-11-19)20(13-26(2,3)4)30-25(34)21-12-22(32)28-15-31(21)23(33)14-27(5,6)7/h8-12,15-16,20H,13-14H2,1-7H3,(H,30,34). The van der Waals surface area contributed by atoms with Crippen molar-refractivity contribution >= 4 is 23.2 Å². The van der Waals surface area contributed by atoms with Gasteiger partial charge in [0.2, 0.25) is 5.91 Å². The van der Waals surface area contributed by atoms with E-state index in [0.29, 0.717) is 6.42 Å². The number of nitrogens with zero attached hydrogens (tertiary/aromatic N) is 3. The van der Waals surface area contributed by atoms with Crippen LogP contribution in [0.1, 0.15) is 87.0 Å². The topological polar surface area (TPSA) is 93.9 Å². The summed E-state index contributed by atoms with van der Waals surface area (Å²) in [6.45, 7) is 14.1. The quantitative estimate of drug-likeness (QED) is 0.477. The number of hydrogen-bond donors (Lipinski definition) is 1. The van der Waals surface area contributed by atoms with Crippen LogP contribution in [0.4, 0.5) is 0 Å². The van der Waals surface area contributed by atoms with Gasteiger partial charge in [-0.25, -0.2) is 4.98 Å². The molecule has 1 aromatic carbocycles. The molecule has 2 aromatic heterocycles. The van der Waals surface area contributed by atoms with E-state index >= 15 is 0 Å². The van der Waals surface area contributed by atoms with Gasteiger partial charge in [-0.05, 0) is 35.3 Å². The Kier molecular flexibility index (Phi) is 7.74. The van der Waals surface area contributed by atoms with Crippen molar-refractivity contribution in [3.05, 3.63) is 69.5 Å². The highest BCUT2D eigenvalue weighted by atomic mass is 32.1. The van der Waals surface area contributed by atoms with E-state index in [1.165, 1.54) is 4.57 Å². The summed E-state index contributed by atoms with van der Waals surface area (Å²) in [5.41, 5.74) is 3.91. The van der Waals surface area contributed by atoms with Crippen molar-refractivity contribution in [1.29, 1.82) is 0 Å².